The number of ether oxygens (including phenoxy) is 1. The number of esters is 1. The van der Waals surface area contributed by atoms with Crippen molar-refractivity contribution in [1.82, 2.24) is 5.32 Å². The molecule has 0 spiro atoms. The molecule has 5 nitrogen and oxygen atoms in total. The predicted octanol–water partition coefficient (Wildman–Crippen LogP) is 2.86. The number of halogens is 3. The molecule has 0 fully saturated rings. The van der Waals surface area contributed by atoms with Crippen LogP contribution in [0.25, 0.3) is 0 Å². The summed E-state index contributed by atoms with van der Waals surface area (Å²) in [5.41, 5.74) is 0. The minimum atomic E-state index is -1.09. The fourth-order valence-electron chi connectivity index (χ4n) is 1.47. The standard InChI is InChI=1S/C12H12Cl3NO4/c1-16-5-6(2-11(17)18)12(19)20-10-4-8(14)7(13)3-9(10)15/h3-4,6,16H,2,5H2,1H3,(H,17,18)/t6-/m1/s1. The maximum atomic E-state index is 11.9. The largest absolute Gasteiger partial charge is 0.481 e. The maximum Gasteiger partial charge on any atom is 0.316 e. The van der Waals surface area contributed by atoms with Crippen LogP contribution in [-0.2, 0) is 9.59 Å². The molecule has 0 saturated carbocycles. The number of carbonyl (C=O) groups excluding carboxylic acids is 1. The van der Waals surface area contributed by atoms with Gasteiger partial charge in [-0.1, -0.05) is 34.8 Å². The van der Waals surface area contributed by atoms with Crippen LogP contribution in [-0.4, -0.2) is 30.6 Å². The molecule has 0 aromatic heterocycles. The van der Waals surface area contributed by atoms with E-state index >= 15 is 0 Å². The first-order valence-electron chi connectivity index (χ1n) is 5.57. The Labute approximate surface area is 130 Å². The minimum absolute atomic E-state index is 0.0394. The molecule has 0 radical (unpaired) electrons. The van der Waals surface area contributed by atoms with Crippen LogP contribution in [0.15, 0.2) is 12.1 Å². The molecule has 8 heteroatoms. The Morgan fingerprint density at radius 1 is 1.25 bits per heavy atom. The number of benzene rings is 1. The van der Waals surface area contributed by atoms with E-state index in [2.05, 4.69) is 5.32 Å². The van der Waals surface area contributed by atoms with E-state index < -0.39 is 17.9 Å². The number of rotatable bonds is 6. The molecule has 0 bridgehead atoms. The van der Waals surface area contributed by atoms with Crippen LogP contribution in [0.1, 0.15) is 6.42 Å². The smallest absolute Gasteiger partial charge is 0.316 e. The summed E-state index contributed by atoms with van der Waals surface area (Å²) in [6.45, 7) is 0.171. The number of hydrogen-bond acceptors (Lipinski definition) is 4. The van der Waals surface area contributed by atoms with E-state index in [0.29, 0.717) is 0 Å². The van der Waals surface area contributed by atoms with Crippen LogP contribution in [0.5, 0.6) is 5.75 Å². The monoisotopic (exact) mass is 339 g/mol. The van der Waals surface area contributed by atoms with Crippen LogP contribution in [0.3, 0.4) is 0 Å². The summed E-state index contributed by atoms with van der Waals surface area (Å²) in [5, 5.41) is 12.0. The molecule has 1 atom stereocenters. The predicted molar refractivity (Wildman–Crippen MR) is 76.8 cm³/mol. The number of hydrogen-bond donors (Lipinski definition) is 2. The fraction of sp³-hybridized carbons (Fsp3) is 0.333. The Bertz CT molecular complexity index is 522. The van der Waals surface area contributed by atoms with Crippen molar-refractivity contribution in [2.45, 2.75) is 6.42 Å². The van der Waals surface area contributed by atoms with Crippen molar-refractivity contribution in [3.8, 4) is 5.75 Å². The molecule has 2 N–H and O–H groups in total. The molecule has 20 heavy (non-hydrogen) atoms. The first-order chi connectivity index (χ1) is 9.35. The van der Waals surface area contributed by atoms with E-state index in [1.54, 1.807) is 7.05 Å². The zero-order valence-corrected chi connectivity index (χ0v) is 12.7. The van der Waals surface area contributed by atoms with Gasteiger partial charge in [-0.3, -0.25) is 9.59 Å². The van der Waals surface area contributed by atoms with E-state index in [1.165, 1.54) is 12.1 Å². The summed E-state index contributed by atoms with van der Waals surface area (Å²) in [6.07, 6.45) is -0.349. The lowest BCUT2D eigenvalue weighted by atomic mass is 10.1. The molecule has 0 aliphatic heterocycles. The van der Waals surface area contributed by atoms with Gasteiger partial charge in [0.2, 0.25) is 0 Å². The molecule has 0 aliphatic rings. The first kappa shape index (κ1) is 17.0. The Balaban J connectivity index is 2.87. The highest BCUT2D eigenvalue weighted by molar-refractivity contribution is 6.43. The average Bonchev–Trinajstić information content (AvgIpc) is 2.34. The van der Waals surface area contributed by atoms with Crippen LogP contribution < -0.4 is 10.1 Å². The Kier molecular flexibility index (Phi) is 6.55. The summed E-state index contributed by atoms with van der Waals surface area (Å²) in [7, 11) is 1.61. The highest BCUT2D eigenvalue weighted by Crippen LogP contribution is 2.34. The molecule has 110 valence electrons. The number of carboxylic acid groups (broad SMARTS) is 1. The second-order valence-corrected chi connectivity index (χ2v) is 5.19. The van der Waals surface area contributed by atoms with Gasteiger partial charge < -0.3 is 15.2 Å². The number of nitrogens with one attached hydrogen (secondary N) is 1. The summed E-state index contributed by atoms with van der Waals surface area (Å²) < 4.78 is 5.08. The lowest BCUT2D eigenvalue weighted by Gasteiger charge is -2.14. The van der Waals surface area contributed by atoms with Crippen molar-refractivity contribution in [3.63, 3.8) is 0 Å². The van der Waals surface area contributed by atoms with Gasteiger partial charge >= 0.3 is 11.9 Å². The molecule has 1 aromatic carbocycles. The van der Waals surface area contributed by atoms with Crippen molar-refractivity contribution in [3.05, 3.63) is 27.2 Å². The highest BCUT2D eigenvalue weighted by Gasteiger charge is 2.24. The summed E-state index contributed by atoms with van der Waals surface area (Å²) in [4.78, 5) is 22.6. The number of carboxylic acids is 1. The third kappa shape index (κ3) is 4.83. The van der Waals surface area contributed by atoms with Gasteiger partial charge in [-0.25, -0.2) is 0 Å². The third-order valence-electron chi connectivity index (χ3n) is 2.39. The number of aliphatic carboxylic acids is 1. The molecule has 1 rings (SSSR count). The normalized spacial score (nSPS) is 12.0. The maximum absolute atomic E-state index is 11.9. The van der Waals surface area contributed by atoms with Crippen molar-refractivity contribution in [2.75, 3.05) is 13.6 Å². The van der Waals surface area contributed by atoms with Crippen molar-refractivity contribution in [2.24, 2.45) is 5.92 Å². The average molecular weight is 341 g/mol. The van der Waals surface area contributed by atoms with Crippen molar-refractivity contribution < 1.29 is 19.4 Å². The van der Waals surface area contributed by atoms with E-state index in [0.717, 1.165) is 0 Å². The molecular weight excluding hydrogens is 328 g/mol. The molecule has 0 saturated heterocycles. The molecule has 1 aromatic rings. The van der Waals surface area contributed by atoms with E-state index in [9.17, 15) is 9.59 Å². The quantitative estimate of drug-likeness (QED) is 0.473. The second kappa shape index (κ2) is 7.69. The summed E-state index contributed by atoms with van der Waals surface area (Å²) >= 11 is 17.4. The van der Waals surface area contributed by atoms with Gasteiger partial charge in [0.15, 0.2) is 5.75 Å². The first-order valence-corrected chi connectivity index (χ1v) is 6.71. The summed E-state index contributed by atoms with van der Waals surface area (Å²) in [5.74, 6) is -2.59. The van der Waals surface area contributed by atoms with E-state index in [-0.39, 0.29) is 33.8 Å². The second-order valence-electron chi connectivity index (χ2n) is 3.97. The topological polar surface area (TPSA) is 75.6 Å². The van der Waals surface area contributed by atoms with Crippen molar-refractivity contribution >= 4 is 46.7 Å². The lowest BCUT2D eigenvalue weighted by molar-refractivity contribution is -0.146. The zero-order valence-electron chi connectivity index (χ0n) is 10.5. The van der Waals surface area contributed by atoms with Crippen LogP contribution in [0.2, 0.25) is 15.1 Å². The van der Waals surface area contributed by atoms with Gasteiger partial charge in [-0.15, -0.1) is 0 Å². The van der Waals surface area contributed by atoms with Gasteiger partial charge in [-0.05, 0) is 13.1 Å². The van der Waals surface area contributed by atoms with E-state index in [4.69, 9.17) is 44.6 Å². The molecule has 0 aliphatic carbocycles. The Hall–Kier alpha value is -1.01. The lowest BCUT2D eigenvalue weighted by Crippen LogP contribution is -2.31. The van der Waals surface area contributed by atoms with Crippen LogP contribution in [0.4, 0.5) is 0 Å². The van der Waals surface area contributed by atoms with Gasteiger partial charge in [0.05, 0.1) is 27.4 Å². The minimum Gasteiger partial charge on any atom is -0.481 e. The molecule has 0 amide bonds. The SMILES string of the molecule is CNC[C@@H](CC(=O)O)C(=O)Oc1cc(Cl)c(Cl)cc1Cl. The number of carbonyl (C=O) groups is 2. The highest BCUT2D eigenvalue weighted by atomic mass is 35.5. The van der Waals surface area contributed by atoms with Gasteiger partial charge in [0, 0.05) is 12.6 Å². The molecule has 0 unspecified atom stereocenters. The van der Waals surface area contributed by atoms with Crippen LogP contribution >= 0.6 is 34.8 Å². The van der Waals surface area contributed by atoms with E-state index in [1.807, 2.05) is 0 Å². The molecular formula is C12H12Cl3NO4. The third-order valence-corrected chi connectivity index (χ3v) is 3.41. The Morgan fingerprint density at radius 2 is 1.85 bits per heavy atom. The van der Waals surface area contributed by atoms with Gasteiger partial charge in [0.1, 0.15) is 0 Å². The fourth-order valence-corrected chi connectivity index (χ4v) is 2.05. The van der Waals surface area contributed by atoms with Gasteiger partial charge in [0.25, 0.3) is 0 Å². The van der Waals surface area contributed by atoms with Crippen LogP contribution in [0, 0.1) is 5.92 Å². The van der Waals surface area contributed by atoms with Gasteiger partial charge in [-0.2, -0.15) is 0 Å². The summed E-state index contributed by atoms with van der Waals surface area (Å²) in [6, 6.07) is 2.65. The Morgan fingerprint density at radius 3 is 2.40 bits per heavy atom. The van der Waals surface area contributed by atoms with Crippen molar-refractivity contribution in [1.29, 1.82) is 0 Å². The molecule has 0 heterocycles. The zero-order chi connectivity index (χ0) is 15.3.